The van der Waals surface area contributed by atoms with Crippen LogP contribution in [0.5, 0.6) is 5.75 Å². The third-order valence-corrected chi connectivity index (χ3v) is 4.66. The van der Waals surface area contributed by atoms with Crippen LogP contribution < -0.4 is 15.0 Å². The molecular weight excluding hydrogens is 307 g/mol. The molecule has 0 aromatic heterocycles. The van der Waals surface area contributed by atoms with E-state index in [1.807, 2.05) is 0 Å². The summed E-state index contributed by atoms with van der Waals surface area (Å²) in [5.41, 5.74) is 0.634. The number of piperidine rings is 1. The van der Waals surface area contributed by atoms with Crippen molar-refractivity contribution in [2.24, 2.45) is 0 Å². The summed E-state index contributed by atoms with van der Waals surface area (Å²) in [6, 6.07) is 5.35. The van der Waals surface area contributed by atoms with Gasteiger partial charge in [-0.2, -0.15) is 0 Å². The first kappa shape index (κ1) is 18.5. The molecule has 132 valence electrons. The van der Waals surface area contributed by atoms with Gasteiger partial charge in [0.05, 0.1) is 26.2 Å². The molecule has 1 aromatic rings. The van der Waals surface area contributed by atoms with E-state index in [0.717, 1.165) is 19.0 Å². The first-order valence-corrected chi connectivity index (χ1v) is 8.74. The van der Waals surface area contributed by atoms with Crippen molar-refractivity contribution in [1.29, 1.82) is 0 Å². The largest absolute Gasteiger partial charge is 0.494 e. The minimum atomic E-state index is -0.432. The zero-order valence-electron chi connectivity index (χ0n) is 14.6. The second kappa shape index (κ2) is 9.42. The van der Waals surface area contributed by atoms with E-state index < -0.39 is 5.82 Å². The van der Waals surface area contributed by atoms with Gasteiger partial charge in [0.2, 0.25) is 5.91 Å². The van der Waals surface area contributed by atoms with Crippen LogP contribution in [0, 0.1) is 5.82 Å². The van der Waals surface area contributed by atoms with E-state index in [0.29, 0.717) is 12.1 Å². The van der Waals surface area contributed by atoms with Crippen LogP contribution in [0.4, 0.5) is 4.39 Å². The Morgan fingerprint density at radius 3 is 3.00 bits per heavy atom. The van der Waals surface area contributed by atoms with Gasteiger partial charge in [0.15, 0.2) is 11.6 Å². The molecule has 0 saturated carbocycles. The summed E-state index contributed by atoms with van der Waals surface area (Å²) < 4.78 is 18.4. The monoisotopic (exact) mass is 335 g/mol. The molecule has 4 nitrogen and oxygen atoms in total. The van der Waals surface area contributed by atoms with Gasteiger partial charge in [-0.3, -0.25) is 4.79 Å². The molecule has 0 spiro atoms. The van der Waals surface area contributed by atoms with Crippen LogP contribution in [0.25, 0.3) is 6.08 Å². The highest BCUT2D eigenvalue weighted by Gasteiger charge is 2.20. The van der Waals surface area contributed by atoms with Crippen molar-refractivity contribution >= 4 is 12.0 Å². The molecule has 1 aliphatic rings. The number of methoxy groups -OCH3 is 1. The molecule has 1 heterocycles. The minimum Gasteiger partial charge on any atom is -0.494 e. The van der Waals surface area contributed by atoms with Crippen molar-refractivity contribution in [3.05, 3.63) is 35.7 Å². The molecule has 1 unspecified atom stereocenters. The zero-order valence-corrected chi connectivity index (χ0v) is 14.6. The SMILES string of the molecule is COc1ccc(/C=C/C(=O)NCCC[NH+]2CCCC[C@@H]2C)cc1F. The van der Waals surface area contributed by atoms with E-state index in [4.69, 9.17) is 4.74 Å². The van der Waals surface area contributed by atoms with Crippen LogP contribution in [0.3, 0.4) is 0 Å². The molecule has 1 aliphatic heterocycles. The van der Waals surface area contributed by atoms with Gasteiger partial charge in [0.1, 0.15) is 0 Å². The van der Waals surface area contributed by atoms with E-state index in [1.165, 1.54) is 45.1 Å². The Morgan fingerprint density at radius 2 is 2.29 bits per heavy atom. The second-order valence-electron chi connectivity index (χ2n) is 6.43. The number of quaternary nitrogens is 1. The van der Waals surface area contributed by atoms with E-state index >= 15 is 0 Å². The lowest BCUT2D eigenvalue weighted by Gasteiger charge is -2.30. The second-order valence-corrected chi connectivity index (χ2v) is 6.43. The first-order chi connectivity index (χ1) is 11.6. The lowest BCUT2D eigenvalue weighted by atomic mass is 10.0. The summed E-state index contributed by atoms with van der Waals surface area (Å²) in [6.45, 7) is 5.34. The molecule has 2 N–H and O–H groups in total. The highest BCUT2D eigenvalue weighted by molar-refractivity contribution is 5.91. The average Bonchev–Trinajstić information content (AvgIpc) is 2.58. The number of hydrogen-bond acceptors (Lipinski definition) is 2. The Kier molecular flexibility index (Phi) is 7.25. The molecule has 1 saturated heterocycles. The molecule has 2 atom stereocenters. The normalized spacial score (nSPS) is 21.0. The lowest BCUT2D eigenvalue weighted by Crippen LogP contribution is -3.16. The van der Waals surface area contributed by atoms with E-state index in [-0.39, 0.29) is 11.7 Å². The van der Waals surface area contributed by atoms with Gasteiger partial charge in [-0.05, 0) is 50.0 Å². The average molecular weight is 335 g/mol. The smallest absolute Gasteiger partial charge is 0.244 e. The standard InChI is InChI=1S/C19H27FN2O2/c1-15-6-3-4-12-22(15)13-5-11-21-19(23)10-8-16-7-9-18(24-2)17(20)14-16/h7-10,14-15H,3-6,11-13H2,1-2H3,(H,21,23)/p+1/b10-8+/t15-/m0/s1. The molecular formula is C19H28FN2O2+. The van der Waals surface area contributed by atoms with Crippen LogP contribution in [-0.2, 0) is 4.79 Å². The number of carbonyl (C=O) groups excluding carboxylic acids is 1. The van der Waals surface area contributed by atoms with Crippen LogP contribution in [0.2, 0.25) is 0 Å². The fourth-order valence-electron chi connectivity index (χ4n) is 3.17. The van der Waals surface area contributed by atoms with Crippen LogP contribution in [0.1, 0.15) is 38.2 Å². The van der Waals surface area contributed by atoms with Gasteiger partial charge in [0.25, 0.3) is 0 Å². The summed E-state index contributed by atoms with van der Waals surface area (Å²) in [6.07, 6.45) is 8.00. The number of nitrogens with one attached hydrogen (secondary N) is 2. The van der Waals surface area contributed by atoms with Gasteiger partial charge < -0.3 is 15.0 Å². The Bertz CT molecular complexity index is 574. The van der Waals surface area contributed by atoms with Gasteiger partial charge >= 0.3 is 0 Å². The van der Waals surface area contributed by atoms with Crippen molar-refractivity contribution in [3.8, 4) is 5.75 Å². The number of rotatable bonds is 7. The molecule has 2 rings (SSSR count). The molecule has 5 heteroatoms. The summed E-state index contributed by atoms with van der Waals surface area (Å²) in [5.74, 6) is -0.377. The summed E-state index contributed by atoms with van der Waals surface area (Å²) in [4.78, 5) is 13.5. The third kappa shape index (κ3) is 5.64. The van der Waals surface area contributed by atoms with E-state index in [2.05, 4.69) is 12.2 Å². The van der Waals surface area contributed by atoms with Crippen LogP contribution in [0.15, 0.2) is 24.3 Å². The van der Waals surface area contributed by atoms with Crippen LogP contribution in [-0.4, -0.2) is 38.7 Å². The quantitative estimate of drug-likeness (QED) is 0.589. The van der Waals surface area contributed by atoms with E-state index in [9.17, 15) is 9.18 Å². The first-order valence-electron chi connectivity index (χ1n) is 8.74. The van der Waals surface area contributed by atoms with Gasteiger partial charge in [-0.15, -0.1) is 0 Å². The summed E-state index contributed by atoms with van der Waals surface area (Å²) >= 11 is 0. The number of hydrogen-bond donors (Lipinski definition) is 2. The van der Waals surface area contributed by atoms with Crippen molar-refractivity contribution in [2.75, 3.05) is 26.7 Å². The molecule has 0 radical (unpaired) electrons. The van der Waals surface area contributed by atoms with Crippen LogP contribution >= 0.6 is 0 Å². The predicted molar refractivity (Wildman–Crippen MR) is 93.6 cm³/mol. The topological polar surface area (TPSA) is 42.8 Å². The molecule has 1 fully saturated rings. The Hall–Kier alpha value is -1.88. The van der Waals surface area contributed by atoms with Crippen molar-refractivity contribution in [3.63, 3.8) is 0 Å². The lowest BCUT2D eigenvalue weighted by molar-refractivity contribution is -0.928. The van der Waals surface area contributed by atoms with Crippen molar-refractivity contribution in [2.45, 2.75) is 38.6 Å². The number of ether oxygens (including phenoxy) is 1. The molecule has 1 amide bonds. The highest BCUT2D eigenvalue weighted by atomic mass is 19.1. The van der Waals surface area contributed by atoms with E-state index in [1.54, 1.807) is 23.1 Å². The predicted octanol–water partition coefficient (Wildman–Crippen LogP) is 1.81. The number of carbonyl (C=O) groups is 1. The maximum atomic E-state index is 13.6. The summed E-state index contributed by atoms with van der Waals surface area (Å²) in [5, 5.41) is 2.89. The molecule has 0 bridgehead atoms. The Morgan fingerprint density at radius 1 is 1.46 bits per heavy atom. The number of benzene rings is 1. The number of amides is 1. The summed E-state index contributed by atoms with van der Waals surface area (Å²) in [7, 11) is 1.42. The van der Waals surface area contributed by atoms with Crippen molar-refractivity contribution < 1.29 is 18.8 Å². The fourth-order valence-corrected chi connectivity index (χ4v) is 3.17. The van der Waals surface area contributed by atoms with Crippen molar-refractivity contribution in [1.82, 2.24) is 5.32 Å². The van der Waals surface area contributed by atoms with Gasteiger partial charge in [-0.25, -0.2) is 4.39 Å². The maximum Gasteiger partial charge on any atom is 0.244 e. The minimum absolute atomic E-state index is 0.145. The molecule has 24 heavy (non-hydrogen) atoms. The third-order valence-electron chi connectivity index (χ3n) is 4.66. The Balaban J connectivity index is 1.70. The number of halogens is 1. The zero-order chi connectivity index (χ0) is 17.4. The van der Waals surface area contributed by atoms with Gasteiger partial charge in [0, 0.05) is 19.0 Å². The molecule has 1 aromatic carbocycles. The van der Waals surface area contributed by atoms with Gasteiger partial charge in [-0.1, -0.05) is 6.07 Å². The number of likely N-dealkylation sites (tertiary alicyclic amines) is 1. The fraction of sp³-hybridized carbons (Fsp3) is 0.526. The Labute approximate surface area is 143 Å². The molecule has 0 aliphatic carbocycles. The maximum absolute atomic E-state index is 13.6. The highest BCUT2D eigenvalue weighted by Crippen LogP contribution is 2.18.